The van der Waals surface area contributed by atoms with Crippen molar-refractivity contribution in [1.82, 2.24) is 10.6 Å². The number of carbonyl (C=O) groups is 2. The van der Waals surface area contributed by atoms with Crippen LogP contribution in [0.1, 0.15) is 24.8 Å². The number of hydrogen-bond acceptors (Lipinski definition) is 3. The summed E-state index contributed by atoms with van der Waals surface area (Å²) in [6.07, 6.45) is 2.06. The number of benzene rings is 2. The molecule has 0 radical (unpaired) electrons. The van der Waals surface area contributed by atoms with E-state index in [0.717, 1.165) is 5.56 Å². The summed E-state index contributed by atoms with van der Waals surface area (Å²) in [7, 11) is 1.60. The van der Waals surface area contributed by atoms with Crippen LogP contribution in [-0.4, -0.2) is 25.4 Å². The SMILES string of the molecule is CNC(=O)CCCNC(=O)CCc1ccc(Oc2ccc(Cl)cc2Cl)cc1. The smallest absolute Gasteiger partial charge is 0.220 e. The summed E-state index contributed by atoms with van der Waals surface area (Å²) in [5.74, 6) is 1.14. The number of amides is 2. The van der Waals surface area contributed by atoms with Crippen LogP contribution in [-0.2, 0) is 16.0 Å². The Morgan fingerprint density at radius 1 is 1.00 bits per heavy atom. The van der Waals surface area contributed by atoms with Crippen LogP contribution in [0.15, 0.2) is 42.5 Å². The highest BCUT2D eigenvalue weighted by molar-refractivity contribution is 6.35. The van der Waals surface area contributed by atoms with Gasteiger partial charge in [0.1, 0.15) is 11.5 Å². The van der Waals surface area contributed by atoms with E-state index in [0.29, 0.717) is 53.8 Å². The molecule has 0 heterocycles. The second-order valence-corrected chi connectivity index (χ2v) is 6.79. The Kier molecular flexibility index (Phi) is 8.43. The molecular weight excluding hydrogens is 387 g/mol. The van der Waals surface area contributed by atoms with Crippen LogP contribution in [0.4, 0.5) is 0 Å². The van der Waals surface area contributed by atoms with E-state index in [1.165, 1.54) is 0 Å². The first-order valence-corrected chi connectivity index (χ1v) is 9.42. The van der Waals surface area contributed by atoms with Gasteiger partial charge in [-0.05, 0) is 48.7 Å². The summed E-state index contributed by atoms with van der Waals surface area (Å²) in [5, 5.41) is 6.36. The van der Waals surface area contributed by atoms with Crippen molar-refractivity contribution >= 4 is 35.0 Å². The van der Waals surface area contributed by atoms with E-state index in [2.05, 4.69) is 10.6 Å². The lowest BCUT2D eigenvalue weighted by Crippen LogP contribution is -2.26. The van der Waals surface area contributed by atoms with Gasteiger partial charge in [-0.3, -0.25) is 9.59 Å². The van der Waals surface area contributed by atoms with Gasteiger partial charge in [0, 0.05) is 31.5 Å². The molecule has 0 atom stereocenters. The monoisotopic (exact) mass is 408 g/mol. The van der Waals surface area contributed by atoms with Crippen LogP contribution in [0.5, 0.6) is 11.5 Å². The molecule has 0 fully saturated rings. The van der Waals surface area contributed by atoms with Gasteiger partial charge in [0.15, 0.2) is 0 Å². The van der Waals surface area contributed by atoms with Gasteiger partial charge in [0.05, 0.1) is 5.02 Å². The summed E-state index contributed by atoms with van der Waals surface area (Å²) in [5.41, 5.74) is 1.03. The van der Waals surface area contributed by atoms with Gasteiger partial charge in [-0.1, -0.05) is 35.3 Å². The Morgan fingerprint density at radius 2 is 1.74 bits per heavy atom. The molecule has 2 aromatic carbocycles. The fourth-order valence-corrected chi connectivity index (χ4v) is 2.80. The zero-order valence-corrected chi connectivity index (χ0v) is 16.6. The molecule has 0 aliphatic carbocycles. The molecule has 27 heavy (non-hydrogen) atoms. The second-order valence-electron chi connectivity index (χ2n) is 5.95. The fourth-order valence-electron chi connectivity index (χ4n) is 2.36. The molecule has 0 spiro atoms. The third-order valence-electron chi connectivity index (χ3n) is 3.87. The number of ether oxygens (including phenoxy) is 1. The Morgan fingerprint density at radius 3 is 2.41 bits per heavy atom. The molecule has 0 aliphatic rings. The number of rotatable bonds is 9. The van der Waals surface area contributed by atoms with Crippen LogP contribution in [0.25, 0.3) is 0 Å². The molecule has 5 nitrogen and oxygen atoms in total. The molecule has 2 rings (SSSR count). The molecule has 2 aromatic rings. The summed E-state index contributed by atoms with van der Waals surface area (Å²) in [6, 6.07) is 12.6. The van der Waals surface area contributed by atoms with Crippen LogP contribution >= 0.6 is 23.2 Å². The van der Waals surface area contributed by atoms with Gasteiger partial charge in [0.2, 0.25) is 11.8 Å². The van der Waals surface area contributed by atoms with E-state index >= 15 is 0 Å². The fraction of sp³-hybridized carbons (Fsp3) is 0.300. The normalized spacial score (nSPS) is 10.3. The minimum Gasteiger partial charge on any atom is -0.456 e. The summed E-state index contributed by atoms with van der Waals surface area (Å²) in [6.45, 7) is 0.501. The molecule has 0 saturated heterocycles. The van der Waals surface area contributed by atoms with E-state index in [4.69, 9.17) is 27.9 Å². The highest BCUT2D eigenvalue weighted by Crippen LogP contribution is 2.31. The van der Waals surface area contributed by atoms with Gasteiger partial charge in [-0.25, -0.2) is 0 Å². The first kappa shape index (κ1) is 21.1. The Labute approximate surface area is 169 Å². The van der Waals surface area contributed by atoms with Crippen molar-refractivity contribution in [2.45, 2.75) is 25.7 Å². The predicted octanol–water partition coefficient (Wildman–Crippen LogP) is 4.36. The predicted molar refractivity (Wildman–Crippen MR) is 108 cm³/mol. The van der Waals surface area contributed by atoms with Crippen molar-refractivity contribution in [1.29, 1.82) is 0 Å². The van der Waals surface area contributed by atoms with Crippen LogP contribution < -0.4 is 15.4 Å². The number of aryl methyl sites for hydroxylation is 1. The molecule has 0 aromatic heterocycles. The first-order chi connectivity index (χ1) is 13.0. The summed E-state index contributed by atoms with van der Waals surface area (Å²) >= 11 is 12.0. The minimum atomic E-state index is -0.0276. The zero-order chi connectivity index (χ0) is 19.6. The molecule has 144 valence electrons. The maximum Gasteiger partial charge on any atom is 0.220 e. The third kappa shape index (κ3) is 7.49. The Balaban J connectivity index is 1.75. The van der Waals surface area contributed by atoms with Gasteiger partial charge < -0.3 is 15.4 Å². The molecule has 0 aliphatic heterocycles. The van der Waals surface area contributed by atoms with E-state index < -0.39 is 0 Å². The van der Waals surface area contributed by atoms with Crippen LogP contribution in [0, 0.1) is 0 Å². The van der Waals surface area contributed by atoms with E-state index in [-0.39, 0.29) is 11.8 Å². The van der Waals surface area contributed by atoms with Crippen molar-refractivity contribution in [2.75, 3.05) is 13.6 Å². The van der Waals surface area contributed by atoms with E-state index in [1.807, 2.05) is 24.3 Å². The first-order valence-electron chi connectivity index (χ1n) is 8.67. The topological polar surface area (TPSA) is 67.4 Å². The molecule has 7 heteroatoms. The quantitative estimate of drug-likeness (QED) is 0.605. The standard InChI is InChI=1S/C20H22Cl2N2O3/c1-23-19(25)3-2-12-24-20(26)11-6-14-4-8-16(9-5-14)27-18-10-7-15(21)13-17(18)22/h4-5,7-10,13H,2-3,6,11-12H2,1H3,(H,23,25)(H,24,26). The molecule has 0 unspecified atom stereocenters. The van der Waals surface area contributed by atoms with E-state index in [1.54, 1.807) is 25.2 Å². The molecule has 2 amide bonds. The minimum absolute atomic E-state index is 0.0218. The van der Waals surface area contributed by atoms with Crippen molar-refractivity contribution in [3.05, 3.63) is 58.1 Å². The lowest BCUT2D eigenvalue weighted by Gasteiger charge is -2.09. The Hall–Kier alpha value is -2.24. The maximum atomic E-state index is 11.8. The number of halogens is 2. The maximum absolute atomic E-state index is 11.8. The molecule has 0 bridgehead atoms. The van der Waals surface area contributed by atoms with Crippen molar-refractivity contribution in [2.24, 2.45) is 0 Å². The highest BCUT2D eigenvalue weighted by atomic mass is 35.5. The summed E-state index contributed by atoms with van der Waals surface area (Å²) < 4.78 is 5.74. The summed E-state index contributed by atoms with van der Waals surface area (Å²) in [4.78, 5) is 22.9. The largest absolute Gasteiger partial charge is 0.456 e. The van der Waals surface area contributed by atoms with E-state index in [9.17, 15) is 9.59 Å². The molecule has 2 N–H and O–H groups in total. The number of carbonyl (C=O) groups excluding carboxylic acids is 2. The van der Waals surface area contributed by atoms with Gasteiger partial charge in [-0.15, -0.1) is 0 Å². The Bertz CT molecular complexity index is 779. The van der Waals surface area contributed by atoms with Gasteiger partial charge in [0.25, 0.3) is 0 Å². The third-order valence-corrected chi connectivity index (χ3v) is 4.40. The molecule has 0 saturated carbocycles. The molecular formula is C20H22Cl2N2O3. The number of nitrogens with one attached hydrogen (secondary N) is 2. The van der Waals surface area contributed by atoms with Gasteiger partial charge >= 0.3 is 0 Å². The second kappa shape index (κ2) is 10.8. The highest BCUT2D eigenvalue weighted by Gasteiger charge is 2.06. The van der Waals surface area contributed by atoms with Crippen molar-refractivity contribution < 1.29 is 14.3 Å². The average Bonchev–Trinajstić information content (AvgIpc) is 2.66. The lowest BCUT2D eigenvalue weighted by atomic mass is 10.1. The number of hydrogen-bond donors (Lipinski definition) is 2. The van der Waals surface area contributed by atoms with Crippen molar-refractivity contribution in [3.63, 3.8) is 0 Å². The van der Waals surface area contributed by atoms with Crippen LogP contribution in [0.3, 0.4) is 0 Å². The lowest BCUT2D eigenvalue weighted by molar-refractivity contribution is -0.122. The zero-order valence-electron chi connectivity index (χ0n) is 15.1. The van der Waals surface area contributed by atoms with Crippen molar-refractivity contribution in [3.8, 4) is 11.5 Å². The van der Waals surface area contributed by atoms with Gasteiger partial charge in [-0.2, -0.15) is 0 Å². The van der Waals surface area contributed by atoms with Crippen LogP contribution in [0.2, 0.25) is 10.0 Å². The average molecular weight is 409 g/mol.